The fourth-order valence-corrected chi connectivity index (χ4v) is 2.60. The molecule has 2 rings (SSSR count). The molecule has 90 valence electrons. The van der Waals surface area contributed by atoms with Gasteiger partial charge in [0.25, 0.3) is 0 Å². The minimum Gasteiger partial charge on any atom is -0.319 e. The van der Waals surface area contributed by atoms with E-state index in [1.54, 1.807) is 11.3 Å². The Morgan fingerprint density at radius 2 is 2.06 bits per heavy atom. The molecule has 0 saturated carbocycles. The van der Waals surface area contributed by atoms with Crippen LogP contribution in [0.15, 0.2) is 18.2 Å². The van der Waals surface area contributed by atoms with Crippen LogP contribution in [0.4, 0.5) is 0 Å². The highest BCUT2D eigenvalue weighted by atomic mass is 32.1. The molecule has 0 unspecified atom stereocenters. The van der Waals surface area contributed by atoms with Crippen molar-refractivity contribution >= 4 is 11.3 Å². The molecule has 1 N–H and O–H groups in total. The van der Waals surface area contributed by atoms with Crippen molar-refractivity contribution in [2.75, 3.05) is 13.6 Å². The largest absolute Gasteiger partial charge is 0.319 e. The number of aryl methyl sites for hydroxylation is 1. The van der Waals surface area contributed by atoms with Gasteiger partial charge < -0.3 is 5.32 Å². The Morgan fingerprint density at radius 1 is 1.24 bits per heavy atom. The summed E-state index contributed by atoms with van der Waals surface area (Å²) in [6.07, 6.45) is 0.943. The van der Waals surface area contributed by atoms with Crippen molar-refractivity contribution in [2.45, 2.75) is 20.3 Å². The average molecular weight is 247 g/mol. The van der Waals surface area contributed by atoms with E-state index in [0.717, 1.165) is 23.0 Å². The third-order valence-corrected chi connectivity index (χ3v) is 3.91. The first-order valence-electron chi connectivity index (χ1n) is 5.76. The quantitative estimate of drug-likeness (QED) is 0.902. The normalized spacial score (nSPS) is 10.8. The fourth-order valence-electron chi connectivity index (χ4n) is 1.68. The Balaban J connectivity index is 2.27. The predicted octanol–water partition coefficient (Wildman–Crippen LogP) is 2.58. The van der Waals surface area contributed by atoms with Crippen LogP contribution in [-0.4, -0.2) is 23.8 Å². The molecule has 4 heteroatoms. The van der Waals surface area contributed by atoms with Crippen LogP contribution in [0.5, 0.6) is 0 Å². The van der Waals surface area contributed by atoms with Gasteiger partial charge in [-0.05, 0) is 32.0 Å². The number of aromatic nitrogens is 2. The summed E-state index contributed by atoms with van der Waals surface area (Å²) in [5, 5.41) is 13.8. The first-order chi connectivity index (χ1) is 8.22. The summed E-state index contributed by atoms with van der Waals surface area (Å²) in [6, 6.07) is 6.32. The van der Waals surface area contributed by atoms with Gasteiger partial charge in [0.1, 0.15) is 10.0 Å². The van der Waals surface area contributed by atoms with Crippen molar-refractivity contribution in [3.05, 3.63) is 34.3 Å². The molecule has 0 radical (unpaired) electrons. The van der Waals surface area contributed by atoms with Crippen molar-refractivity contribution in [1.82, 2.24) is 15.5 Å². The summed E-state index contributed by atoms with van der Waals surface area (Å²) in [5.74, 6) is 0. The monoisotopic (exact) mass is 247 g/mol. The number of hydrogen-bond donors (Lipinski definition) is 1. The maximum Gasteiger partial charge on any atom is 0.148 e. The maximum absolute atomic E-state index is 4.28. The summed E-state index contributed by atoms with van der Waals surface area (Å²) < 4.78 is 0. The predicted molar refractivity (Wildman–Crippen MR) is 72.4 cm³/mol. The van der Waals surface area contributed by atoms with Gasteiger partial charge in [-0.2, -0.15) is 0 Å². The van der Waals surface area contributed by atoms with Crippen molar-refractivity contribution in [2.24, 2.45) is 0 Å². The molecule has 2 aromatic rings. The average Bonchev–Trinajstić information content (AvgIpc) is 2.78. The van der Waals surface area contributed by atoms with Crippen molar-refractivity contribution in [1.29, 1.82) is 0 Å². The summed E-state index contributed by atoms with van der Waals surface area (Å²) in [6.45, 7) is 5.21. The van der Waals surface area contributed by atoms with E-state index >= 15 is 0 Å². The van der Waals surface area contributed by atoms with Crippen LogP contribution in [0.25, 0.3) is 10.6 Å². The lowest BCUT2D eigenvalue weighted by Crippen LogP contribution is -2.09. The van der Waals surface area contributed by atoms with Gasteiger partial charge in [0.2, 0.25) is 0 Å². The third-order valence-electron chi connectivity index (χ3n) is 2.89. The van der Waals surface area contributed by atoms with E-state index in [2.05, 4.69) is 47.6 Å². The van der Waals surface area contributed by atoms with Gasteiger partial charge in [0.15, 0.2) is 0 Å². The summed E-state index contributed by atoms with van der Waals surface area (Å²) in [5.41, 5.74) is 3.80. The summed E-state index contributed by atoms with van der Waals surface area (Å²) >= 11 is 1.69. The van der Waals surface area contributed by atoms with Crippen LogP contribution in [0.2, 0.25) is 0 Å². The number of benzene rings is 1. The minimum absolute atomic E-state index is 0.943. The molecule has 0 aliphatic carbocycles. The standard InChI is InChI=1S/C13H17N3S/c1-9-5-4-6-11(10(9)2)13-16-15-12(17-13)7-8-14-3/h4-6,14H,7-8H2,1-3H3. The molecule has 0 spiro atoms. The van der Waals surface area contributed by atoms with Crippen LogP contribution in [-0.2, 0) is 6.42 Å². The molecule has 0 bridgehead atoms. The lowest BCUT2D eigenvalue weighted by molar-refractivity contribution is 0.779. The Labute approximate surface area is 106 Å². The Hall–Kier alpha value is -1.26. The van der Waals surface area contributed by atoms with E-state index in [1.807, 2.05) is 7.05 Å². The van der Waals surface area contributed by atoms with Crippen molar-refractivity contribution in [3.8, 4) is 10.6 Å². The Morgan fingerprint density at radius 3 is 2.82 bits per heavy atom. The molecule has 0 fully saturated rings. The molecule has 0 atom stereocenters. The van der Waals surface area contributed by atoms with E-state index in [-0.39, 0.29) is 0 Å². The highest BCUT2D eigenvalue weighted by Crippen LogP contribution is 2.28. The zero-order chi connectivity index (χ0) is 12.3. The van der Waals surface area contributed by atoms with Crippen LogP contribution in [0.1, 0.15) is 16.1 Å². The molecule has 0 aliphatic heterocycles. The van der Waals surface area contributed by atoms with Gasteiger partial charge in [-0.15, -0.1) is 10.2 Å². The number of likely N-dealkylation sites (N-methyl/N-ethyl adjacent to an activating group) is 1. The minimum atomic E-state index is 0.943. The van der Waals surface area contributed by atoms with Gasteiger partial charge >= 0.3 is 0 Å². The first kappa shape index (κ1) is 12.2. The summed E-state index contributed by atoms with van der Waals surface area (Å²) in [7, 11) is 1.95. The maximum atomic E-state index is 4.28. The van der Waals surface area contributed by atoms with Gasteiger partial charge in [-0.3, -0.25) is 0 Å². The topological polar surface area (TPSA) is 37.8 Å². The number of nitrogens with one attached hydrogen (secondary N) is 1. The molecule has 0 saturated heterocycles. The van der Waals surface area contributed by atoms with Crippen LogP contribution >= 0.6 is 11.3 Å². The van der Waals surface area contributed by atoms with Crippen LogP contribution in [0.3, 0.4) is 0 Å². The highest BCUT2D eigenvalue weighted by Gasteiger charge is 2.09. The lowest BCUT2D eigenvalue weighted by atomic mass is 10.0. The molecule has 1 aromatic carbocycles. The van der Waals surface area contributed by atoms with Gasteiger partial charge in [-0.25, -0.2) is 0 Å². The molecule has 0 aliphatic rings. The molecule has 1 heterocycles. The number of nitrogens with zero attached hydrogens (tertiary/aromatic N) is 2. The van der Waals surface area contributed by atoms with E-state index < -0.39 is 0 Å². The highest BCUT2D eigenvalue weighted by molar-refractivity contribution is 7.14. The smallest absolute Gasteiger partial charge is 0.148 e. The zero-order valence-electron chi connectivity index (χ0n) is 10.4. The third kappa shape index (κ3) is 2.70. The van der Waals surface area contributed by atoms with E-state index in [4.69, 9.17) is 0 Å². The lowest BCUT2D eigenvalue weighted by Gasteiger charge is -2.04. The van der Waals surface area contributed by atoms with Crippen molar-refractivity contribution in [3.63, 3.8) is 0 Å². The van der Waals surface area contributed by atoms with Crippen molar-refractivity contribution < 1.29 is 0 Å². The SMILES string of the molecule is CNCCc1nnc(-c2cccc(C)c2C)s1. The van der Waals surface area contributed by atoms with Crippen LogP contribution in [0, 0.1) is 13.8 Å². The second-order valence-electron chi connectivity index (χ2n) is 4.10. The second kappa shape index (κ2) is 5.38. The van der Waals surface area contributed by atoms with E-state index in [1.165, 1.54) is 16.7 Å². The van der Waals surface area contributed by atoms with Gasteiger partial charge in [-0.1, -0.05) is 29.5 Å². The zero-order valence-corrected chi connectivity index (χ0v) is 11.3. The molecular weight excluding hydrogens is 230 g/mol. The first-order valence-corrected chi connectivity index (χ1v) is 6.57. The fraction of sp³-hybridized carbons (Fsp3) is 0.385. The number of hydrogen-bond acceptors (Lipinski definition) is 4. The molecule has 17 heavy (non-hydrogen) atoms. The van der Waals surface area contributed by atoms with E-state index in [0.29, 0.717) is 0 Å². The van der Waals surface area contributed by atoms with Gasteiger partial charge in [0.05, 0.1) is 0 Å². The summed E-state index contributed by atoms with van der Waals surface area (Å²) in [4.78, 5) is 0. The number of rotatable bonds is 4. The second-order valence-corrected chi connectivity index (χ2v) is 5.16. The van der Waals surface area contributed by atoms with Crippen LogP contribution < -0.4 is 5.32 Å². The Kier molecular flexibility index (Phi) is 3.86. The van der Waals surface area contributed by atoms with E-state index in [9.17, 15) is 0 Å². The molecule has 1 aromatic heterocycles. The Bertz CT molecular complexity index is 505. The van der Waals surface area contributed by atoms with Gasteiger partial charge in [0, 0.05) is 18.5 Å². The molecule has 3 nitrogen and oxygen atoms in total. The molecular formula is C13H17N3S. The molecule has 0 amide bonds.